The van der Waals surface area contributed by atoms with Crippen molar-refractivity contribution in [2.45, 2.75) is 18.9 Å². The van der Waals surface area contributed by atoms with E-state index in [1.807, 2.05) is 0 Å². The molecule has 4 rings (SSSR count). The van der Waals surface area contributed by atoms with Gasteiger partial charge in [-0.15, -0.1) is 0 Å². The van der Waals surface area contributed by atoms with Gasteiger partial charge in [0.1, 0.15) is 10.7 Å². The molecule has 0 amide bonds. The normalized spacial score (nSPS) is 16.9. The van der Waals surface area contributed by atoms with Gasteiger partial charge in [-0.2, -0.15) is 19.8 Å². The minimum atomic E-state index is -3.29. The molecule has 0 atom stereocenters. The van der Waals surface area contributed by atoms with Crippen molar-refractivity contribution in [1.82, 2.24) is 28.7 Å². The lowest BCUT2D eigenvalue weighted by Gasteiger charge is -2.47. The maximum Gasteiger partial charge on any atom is 0.213 e. The van der Waals surface area contributed by atoms with Crippen molar-refractivity contribution in [3.63, 3.8) is 0 Å². The Morgan fingerprint density at radius 3 is 2.85 bits per heavy atom. The van der Waals surface area contributed by atoms with Crippen molar-refractivity contribution in [2.75, 3.05) is 18.8 Å². The predicted molar refractivity (Wildman–Crippen MR) is 98.5 cm³/mol. The number of sulfonamides is 1. The minimum Gasteiger partial charge on any atom is -0.262 e. The van der Waals surface area contributed by atoms with Crippen molar-refractivity contribution >= 4 is 27.3 Å². The summed E-state index contributed by atoms with van der Waals surface area (Å²) >= 11 is 6.10. The largest absolute Gasteiger partial charge is 0.262 e. The number of hydrogen-bond acceptors (Lipinski definition) is 6. The number of rotatable bonds is 5. The van der Waals surface area contributed by atoms with Crippen molar-refractivity contribution in [2.24, 2.45) is 0 Å². The summed E-state index contributed by atoms with van der Waals surface area (Å²) in [5.74, 6) is 0.0345. The lowest BCUT2D eigenvalue weighted by atomic mass is 9.89. The Balaban J connectivity index is 1.71. The number of hydrogen-bond donors (Lipinski definition) is 0. The van der Waals surface area contributed by atoms with E-state index >= 15 is 0 Å². The summed E-state index contributed by atoms with van der Waals surface area (Å²) in [4.78, 5) is 4.20. The summed E-state index contributed by atoms with van der Waals surface area (Å²) < 4.78 is 28.9. The van der Waals surface area contributed by atoms with Gasteiger partial charge in [0.15, 0.2) is 5.65 Å². The molecular formula is C16H16ClN7O2S. The SMILES string of the molecule is CCS(=O)(=O)N1CC(CC#N)(n2cc(-c3cc(Cl)nc4ccnn34)cn2)C1. The Morgan fingerprint density at radius 2 is 2.15 bits per heavy atom. The highest BCUT2D eigenvalue weighted by Crippen LogP contribution is 2.35. The molecule has 27 heavy (non-hydrogen) atoms. The molecule has 140 valence electrons. The van der Waals surface area contributed by atoms with Gasteiger partial charge >= 0.3 is 0 Å². The number of halogens is 1. The maximum absolute atomic E-state index is 12.1. The minimum absolute atomic E-state index is 0.0345. The average molecular weight is 406 g/mol. The second kappa shape index (κ2) is 6.30. The molecule has 0 saturated carbocycles. The van der Waals surface area contributed by atoms with Crippen LogP contribution >= 0.6 is 11.6 Å². The zero-order valence-corrected chi connectivity index (χ0v) is 16.0. The topological polar surface area (TPSA) is 109 Å². The Labute approximate surface area is 160 Å². The van der Waals surface area contributed by atoms with Gasteiger partial charge in [0, 0.05) is 37.0 Å². The number of nitrogens with zero attached hydrogens (tertiary/aromatic N) is 7. The van der Waals surface area contributed by atoms with E-state index < -0.39 is 15.6 Å². The van der Waals surface area contributed by atoms with E-state index in [4.69, 9.17) is 11.6 Å². The number of fused-ring (bicyclic) bond motifs is 1. The summed E-state index contributed by atoms with van der Waals surface area (Å²) in [6.45, 7) is 2.06. The van der Waals surface area contributed by atoms with E-state index in [2.05, 4.69) is 21.3 Å². The smallest absolute Gasteiger partial charge is 0.213 e. The first-order valence-electron chi connectivity index (χ1n) is 8.29. The first kappa shape index (κ1) is 17.9. The number of aromatic nitrogens is 5. The van der Waals surface area contributed by atoms with Gasteiger partial charge in [-0.25, -0.2) is 17.9 Å². The maximum atomic E-state index is 12.1. The summed E-state index contributed by atoms with van der Waals surface area (Å²) in [7, 11) is -3.29. The van der Waals surface area contributed by atoms with Crippen molar-refractivity contribution in [3.8, 4) is 17.3 Å². The van der Waals surface area contributed by atoms with E-state index in [1.165, 1.54) is 4.31 Å². The van der Waals surface area contributed by atoms with E-state index in [0.717, 1.165) is 5.56 Å². The van der Waals surface area contributed by atoms with E-state index in [-0.39, 0.29) is 25.3 Å². The fourth-order valence-corrected chi connectivity index (χ4v) is 4.71. The van der Waals surface area contributed by atoms with Gasteiger partial charge in [-0.1, -0.05) is 11.6 Å². The molecule has 0 aliphatic carbocycles. The molecule has 1 aliphatic heterocycles. The molecule has 9 nitrogen and oxygen atoms in total. The fraction of sp³-hybridized carbons (Fsp3) is 0.375. The zero-order chi connectivity index (χ0) is 19.2. The third kappa shape index (κ3) is 2.88. The molecule has 1 aliphatic rings. The lowest BCUT2D eigenvalue weighted by molar-refractivity contribution is 0.0719. The highest BCUT2D eigenvalue weighted by atomic mass is 35.5. The molecule has 0 spiro atoms. The Hall–Kier alpha value is -2.48. The van der Waals surface area contributed by atoms with Crippen LogP contribution in [0.5, 0.6) is 0 Å². The van der Waals surface area contributed by atoms with Gasteiger partial charge in [0.2, 0.25) is 10.0 Å². The molecule has 0 N–H and O–H groups in total. The van der Waals surface area contributed by atoms with Crippen LogP contribution in [0.25, 0.3) is 16.9 Å². The fourth-order valence-electron chi connectivity index (χ4n) is 3.28. The van der Waals surface area contributed by atoms with Crippen LogP contribution < -0.4 is 0 Å². The first-order chi connectivity index (χ1) is 12.9. The van der Waals surface area contributed by atoms with Crippen LogP contribution in [0.15, 0.2) is 30.7 Å². The van der Waals surface area contributed by atoms with Crippen LogP contribution in [0.2, 0.25) is 5.15 Å². The molecular weight excluding hydrogens is 390 g/mol. The monoisotopic (exact) mass is 405 g/mol. The standard InChI is InChI=1S/C16H16ClN7O2S/c1-2-27(25,26)22-10-16(11-22,4-5-18)23-9-12(8-20-23)13-7-14(17)21-15-3-6-19-24(13)15/h3,6-9H,2,4,10-11H2,1H3. The summed E-state index contributed by atoms with van der Waals surface area (Å²) in [5.41, 5.74) is 1.41. The van der Waals surface area contributed by atoms with Crippen molar-refractivity contribution in [3.05, 3.63) is 35.9 Å². The third-order valence-corrected chi connectivity index (χ3v) is 6.77. The molecule has 1 fully saturated rings. The Bertz CT molecular complexity index is 1160. The summed E-state index contributed by atoms with van der Waals surface area (Å²) in [5, 5.41) is 18.2. The summed E-state index contributed by atoms with van der Waals surface area (Å²) in [6, 6.07) is 5.59. The second-order valence-electron chi connectivity index (χ2n) is 6.47. The van der Waals surface area contributed by atoms with Gasteiger partial charge in [-0.05, 0) is 6.92 Å². The van der Waals surface area contributed by atoms with Crippen LogP contribution in [-0.4, -0.2) is 55.9 Å². The van der Waals surface area contributed by atoms with Crippen molar-refractivity contribution in [1.29, 1.82) is 5.26 Å². The van der Waals surface area contributed by atoms with Gasteiger partial charge in [-0.3, -0.25) is 4.68 Å². The molecule has 3 aromatic rings. The lowest BCUT2D eigenvalue weighted by Crippen LogP contribution is -2.64. The first-order valence-corrected chi connectivity index (χ1v) is 10.3. The predicted octanol–water partition coefficient (Wildman–Crippen LogP) is 1.52. The molecule has 0 unspecified atom stereocenters. The van der Waals surface area contributed by atoms with Crippen LogP contribution in [0.4, 0.5) is 0 Å². The van der Waals surface area contributed by atoms with Gasteiger partial charge < -0.3 is 0 Å². The molecule has 0 radical (unpaired) electrons. The highest BCUT2D eigenvalue weighted by molar-refractivity contribution is 7.89. The molecule has 4 heterocycles. The van der Waals surface area contributed by atoms with Crippen LogP contribution in [0, 0.1) is 11.3 Å². The molecule has 0 aromatic carbocycles. The van der Waals surface area contributed by atoms with Crippen LogP contribution in [-0.2, 0) is 15.6 Å². The van der Waals surface area contributed by atoms with E-state index in [0.29, 0.717) is 16.5 Å². The van der Waals surface area contributed by atoms with Gasteiger partial charge in [0.05, 0.1) is 36.3 Å². The van der Waals surface area contributed by atoms with Crippen LogP contribution in [0.3, 0.4) is 0 Å². The van der Waals surface area contributed by atoms with E-state index in [1.54, 1.807) is 46.8 Å². The zero-order valence-electron chi connectivity index (χ0n) is 14.4. The second-order valence-corrected chi connectivity index (χ2v) is 9.11. The third-order valence-electron chi connectivity index (χ3n) is 4.80. The van der Waals surface area contributed by atoms with Crippen molar-refractivity contribution < 1.29 is 8.42 Å². The molecule has 0 bridgehead atoms. The highest BCUT2D eigenvalue weighted by Gasteiger charge is 2.49. The van der Waals surface area contributed by atoms with E-state index in [9.17, 15) is 13.7 Å². The average Bonchev–Trinajstić information content (AvgIpc) is 3.26. The van der Waals surface area contributed by atoms with Crippen LogP contribution in [0.1, 0.15) is 13.3 Å². The number of nitriles is 1. The Kier molecular flexibility index (Phi) is 4.18. The Morgan fingerprint density at radius 1 is 1.37 bits per heavy atom. The molecule has 3 aromatic heterocycles. The molecule has 11 heteroatoms. The quantitative estimate of drug-likeness (QED) is 0.595. The summed E-state index contributed by atoms with van der Waals surface area (Å²) in [6.07, 6.45) is 5.24. The molecule has 1 saturated heterocycles. The van der Waals surface area contributed by atoms with Gasteiger partial charge in [0.25, 0.3) is 0 Å².